The van der Waals surface area contributed by atoms with E-state index < -0.39 is 22.1 Å². The first-order chi connectivity index (χ1) is 13.1. The first-order valence-electron chi connectivity index (χ1n) is 9.46. The van der Waals surface area contributed by atoms with Crippen LogP contribution in [0.2, 0.25) is 0 Å². The van der Waals surface area contributed by atoms with Crippen LogP contribution in [0, 0.1) is 5.92 Å². The highest BCUT2D eigenvalue weighted by Gasteiger charge is 2.24. The van der Waals surface area contributed by atoms with E-state index in [1.54, 1.807) is 6.92 Å². The average molecular weight is 413 g/mol. The highest BCUT2D eigenvalue weighted by molar-refractivity contribution is 7.88. The molecule has 0 aliphatic carbocycles. The number of sulfonamides is 1. The molecule has 1 aromatic rings. The van der Waals surface area contributed by atoms with E-state index in [0.717, 1.165) is 5.56 Å². The Morgan fingerprint density at radius 1 is 1.11 bits per heavy atom. The van der Waals surface area contributed by atoms with Crippen LogP contribution >= 0.6 is 0 Å². The van der Waals surface area contributed by atoms with Gasteiger partial charge in [-0.1, -0.05) is 51.1 Å². The molecule has 0 bridgehead atoms. The number of nitrogens with zero attached hydrogens (tertiary/aromatic N) is 1. The Kier molecular flexibility index (Phi) is 9.95. The van der Waals surface area contributed by atoms with Crippen molar-refractivity contribution in [3.8, 4) is 0 Å². The third-order valence-electron chi connectivity index (χ3n) is 4.24. The van der Waals surface area contributed by atoms with Gasteiger partial charge < -0.3 is 16.0 Å². The Morgan fingerprint density at radius 2 is 1.75 bits per heavy atom. The van der Waals surface area contributed by atoms with Gasteiger partial charge in [0, 0.05) is 26.2 Å². The molecular weight excluding hydrogens is 380 g/mol. The van der Waals surface area contributed by atoms with Crippen molar-refractivity contribution in [3.05, 3.63) is 35.9 Å². The molecule has 0 aliphatic rings. The number of rotatable bonds is 11. The van der Waals surface area contributed by atoms with E-state index in [0.29, 0.717) is 32.6 Å². The van der Waals surface area contributed by atoms with Gasteiger partial charge >= 0.3 is 6.03 Å². The zero-order valence-electron chi connectivity index (χ0n) is 17.1. The molecular formula is C19H32N4O4S. The number of carbonyl (C=O) groups is 2. The highest BCUT2D eigenvalue weighted by Crippen LogP contribution is 2.03. The van der Waals surface area contributed by atoms with Crippen LogP contribution in [0.3, 0.4) is 0 Å². The quantitative estimate of drug-likeness (QED) is 0.476. The molecule has 0 fully saturated rings. The summed E-state index contributed by atoms with van der Waals surface area (Å²) in [4.78, 5) is 24.5. The predicted molar refractivity (Wildman–Crippen MR) is 110 cm³/mol. The van der Waals surface area contributed by atoms with Gasteiger partial charge in [-0.15, -0.1) is 0 Å². The SMILES string of the molecule is CCN(CCCNC(=O)C(NC(=O)NCc1ccccc1)C(C)C)S(C)(=O)=O. The van der Waals surface area contributed by atoms with E-state index in [2.05, 4.69) is 16.0 Å². The summed E-state index contributed by atoms with van der Waals surface area (Å²) < 4.78 is 24.5. The minimum absolute atomic E-state index is 0.0920. The van der Waals surface area contributed by atoms with Gasteiger partial charge in [0.15, 0.2) is 0 Å². The molecule has 3 N–H and O–H groups in total. The third kappa shape index (κ3) is 8.71. The van der Waals surface area contributed by atoms with Crippen LogP contribution in [0.25, 0.3) is 0 Å². The predicted octanol–water partition coefficient (Wildman–Crippen LogP) is 1.30. The molecule has 0 saturated heterocycles. The lowest BCUT2D eigenvalue weighted by Crippen LogP contribution is -2.52. The summed E-state index contributed by atoms with van der Waals surface area (Å²) in [6.07, 6.45) is 1.67. The molecule has 3 amide bonds. The maximum absolute atomic E-state index is 12.4. The molecule has 1 rings (SSSR count). The van der Waals surface area contributed by atoms with Gasteiger partial charge in [0.2, 0.25) is 15.9 Å². The number of urea groups is 1. The third-order valence-corrected chi connectivity index (χ3v) is 5.62. The van der Waals surface area contributed by atoms with Crippen LogP contribution in [-0.4, -0.2) is 56.6 Å². The number of hydrogen-bond donors (Lipinski definition) is 3. The Morgan fingerprint density at radius 3 is 2.29 bits per heavy atom. The summed E-state index contributed by atoms with van der Waals surface area (Å²) in [7, 11) is -3.24. The fourth-order valence-electron chi connectivity index (χ4n) is 2.64. The van der Waals surface area contributed by atoms with Crippen molar-refractivity contribution in [2.45, 2.75) is 39.8 Å². The lowest BCUT2D eigenvalue weighted by atomic mass is 10.0. The molecule has 28 heavy (non-hydrogen) atoms. The van der Waals surface area contributed by atoms with Gasteiger partial charge in [-0.2, -0.15) is 0 Å². The fourth-order valence-corrected chi connectivity index (χ4v) is 3.57. The Hall–Kier alpha value is -2.13. The van der Waals surface area contributed by atoms with Crippen LogP contribution < -0.4 is 16.0 Å². The Balaban J connectivity index is 2.44. The largest absolute Gasteiger partial charge is 0.354 e. The van der Waals surface area contributed by atoms with Gasteiger partial charge in [0.25, 0.3) is 0 Å². The summed E-state index contributed by atoms with van der Waals surface area (Å²) in [5.41, 5.74) is 0.967. The van der Waals surface area contributed by atoms with Crippen molar-refractivity contribution < 1.29 is 18.0 Å². The van der Waals surface area contributed by atoms with Crippen LogP contribution in [-0.2, 0) is 21.4 Å². The van der Waals surface area contributed by atoms with Crippen LogP contribution in [0.1, 0.15) is 32.8 Å². The maximum Gasteiger partial charge on any atom is 0.315 e. The summed E-state index contributed by atoms with van der Waals surface area (Å²) >= 11 is 0. The van der Waals surface area contributed by atoms with E-state index in [1.807, 2.05) is 44.2 Å². The van der Waals surface area contributed by atoms with Crippen molar-refractivity contribution in [1.82, 2.24) is 20.3 Å². The fraction of sp³-hybridized carbons (Fsp3) is 0.579. The zero-order valence-corrected chi connectivity index (χ0v) is 17.9. The number of amides is 3. The molecule has 0 saturated carbocycles. The van der Waals surface area contributed by atoms with Crippen molar-refractivity contribution in [3.63, 3.8) is 0 Å². The average Bonchev–Trinajstić information content (AvgIpc) is 2.63. The van der Waals surface area contributed by atoms with Crippen LogP contribution in [0.5, 0.6) is 0 Å². The standard InChI is InChI=1S/C19H32N4O4S/c1-5-23(28(4,26)27)13-9-12-20-18(24)17(15(2)3)22-19(25)21-14-16-10-7-6-8-11-16/h6-8,10-11,15,17H,5,9,12-14H2,1-4H3,(H,20,24)(H2,21,22,25). The second-order valence-corrected chi connectivity index (χ2v) is 8.92. The van der Waals surface area contributed by atoms with Gasteiger partial charge in [-0.25, -0.2) is 17.5 Å². The molecule has 8 nitrogen and oxygen atoms in total. The van der Waals surface area contributed by atoms with E-state index in [1.165, 1.54) is 10.6 Å². The zero-order chi connectivity index (χ0) is 21.2. The first kappa shape index (κ1) is 23.9. The highest BCUT2D eigenvalue weighted by atomic mass is 32.2. The summed E-state index contributed by atoms with van der Waals surface area (Å²) in [5, 5.41) is 8.22. The van der Waals surface area contributed by atoms with Gasteiger partial charge in [-0.3, -0.25) is 4.79 Å². The van der Waals surface area contributed by atoms with Crippen molar-refractivity contribution in [1.29, 1.82) is 0 Å². The van der Waals surface area contributed by atoms with Crippen LogP contribution in [0.15, 0.2) is 30.3 Å². The molecule has 0 spiro atoms. The minimum Gasteiger partial charge on any atom is -0.354 e. The molecule has 0 aliphatic heterocycles. The monoisotopic (exact) mass is 412 g/mol. The lowest BCUT2D eigenvalue weighted by Gasteiger charge is -2.22. The lowest BCUT2D eigenvalue weighted by molar-refractivity contribution is -0.123. The van der Waals surface area contributed by atoms with Crippen LogP contribution in [0.4, 0.5) is 4.79 Å². The number of nitrogens with one attached hydrogen (secondary N) is 3. The second kappa shape index (κ2) is 11.7. The molecule has 1 atom stereocenters. The van der Waals surface area contributed by atoms with Gasteiger partial charge in [-0.05, 0) is 17.9 Å². The molecule has 9 heteroatoms. The number of benzene rings is 1. The smallest absolute Gasteiger partial charge is 0.315 e. The Bertz CT molecular complexity index is 723. The molecule has 1 unspecified atom stereocenters. The van der Waals surface area contributed by atoms with Gasteiger partial charge in [0.05, 0.1) is 6.26 Å². The normalized spacial score (nSPS) is 12.6. The van der Waals surface area contributed by atoms with E-state index >= 15 is 0 Å². The van der Waals surface area contributed by atoms with Gasteiger partial charge in [0.1, 0.15) is 6.04 Å². The molecule has 0 aromatic heterocycles. The number of carbonyl (C=O) groups excluding carboxylic acids is 2. The summed E-state index contributed by atoms with van der Waals surface area (Å²) in [6, 6.07) is 8.41. The van der Waals surface area contributed by atoms with E-state index in [9.17, 15) is 18.0 Å². The van der Waals surface area contributed by atoms with Crippen molar-refractivity contribution in [2.24, 2.45) is 5.92 Å². The second-order valence-electron chi connectivity index (χ2n) is 6.93. The summed E-state index contributed by atoms with van der Waals surface area (Å²) in [5.74, 6) is -0.377. The van der Waals surface area contributed by atoms with E-state index in [-0.39, 0.29) is 11.8 Å². The molecule has 158 valence electrons. The van der Waals surface area contributed by atoms with Crippen molar-refractivity contribution >= 4 is 22.0 Å². The number of hydrogen-bond acceptors (Lipinski definition) is 4. The van der Waals surface area contributed by atoms with E-state index in [4.69, 9.17) is 0 Å². The Labute approximate surface area is 168 Å². The topological polar surface area (TPSA) is 108 Å². The molecule has 0 radical (unpaired) electrons. The molecule has 1 aromatic carbocycles. The first-order valence-corrected chi connectivity index (χ1v) is 11.3. The van der Waals surface area contributed by atoms with Crippen molar-refractivity contribution in [2.75, 3.05) is 25.9 Å². The molecule has 0 heterocycles. The summed E-state index contributed by atoms with van der Waals surface area (Å²) in [6.45, 7) is 6.91. The minimum atomic E-state index is -3.24. The maximum atomic E-state index is 12.4.